The van der Waals surface area contributed by atoms with Gasteiger partial charge in [-0.15, -0.1) is 0 Å². The van der Waals surface area contributed by atoms with Crippen molar-refractivity contribution in [1.29, 1.82) is 0 Å². The molecule has 1 aliphatic carbocycles. The Morgan fingerprint density at radius 3 is 2.82 bits per heavy atom. The van der Waals surface area contributed by atoms with E-state index in [1.165, 1.54) is 12.8 Å². The predicted molar refractivity (Wildman–Crippen MR) is 57.4 cm³/mol. The lowest BCUT2D eigenvalue weighted by atomic mass is 10.3. The first kappa shape index (κ1) is 12.4. The summed E-state index contributed by atoms with van der Waals surface area (Å²) in [5, 5.41) is 7.38. The molecular weight excluding hydrogens is 231 g/mol. The molecule has 0 unspecified atom stereocenters. The lowest BCUT2D eigenvalue weighted by Crippen LogP contribution is -2.14. The minimum Gasteiger partial charge on any atom is -0.310 e. The number of hydrogen-bond donors (Lipinski definition) is 1. The van der Waals surface area contributed by atoms with Gasteiger partial charge in [0.2, 0.25) is 0 Å². The van der Waals surface area contributed by atoms with Gasteiger partial charge in [0, 0.05) is 37.3 Å². The van der Waals surface area contributed by atoms with Gasteiger partial charge in [-0.25, -0.2) is 0 Å². The number of halogens is 3. The summed E-state index contributed by atoms with van der Waals surface area (Å²) < 4.78 is 37.4. The van der Waals surface area contributed by atoms with E-state index in [0.29, 0.717) is 12.6 Å². The van der Waals surface area contributed by atoms with Gasteiger partial charge < -0.3 is 5.32 Å². The van der Waals surface area contributed by atoms with Crippen LogP contribution in [0, 0.1) is 0 Å². The van der Waals surface area contributed by atoms with Crippen LogP contribution in [0.4, 0.5) is 13.2 Å². The molecule has 1 aromatic heterocycles. The number of alkyl halides is 3. The maximum absolute atomic E-state index is 11.9. The van der Waals surface area contributed by atoms with Crippen molar-refractivity contribution in [2.24, 2.45) is 0 Å². The molecule has 1 aliphatic rings. The second kappa shape index (κ2) is 5.08. The third kappa shape index (κ3) is 4.77. The van der Waals surface area contributed by atoms with Crippen molar-refractivity contribution in [3.8, 4) is 0 Å². The number of aryl methyl sites for hydroxylation is 1. The van der Waals surface area contributed by atoms with Gasteiger partial charge in [0.1, 0.15) is 0 Å². The number of nitrogens with one attached hydrogen (secondary N) is 1. The molecule has 0 aliphatic heterocycles. The molecule has 1 saturated carbocycles. The standard InChI is InChI=1S/C11H16F3N3/c12-11(13,14)4-1-5-17-8-9(7-16-17)6-15-10-2-3-10/h7-8,10,15H,1-6H2. The van der Waals surface area contributed by atoms with Crippen LogP contribution in [0.2, 0.25) is 0 Å². The van der Waals surface area contributed by atoms with Gasteiger partial charge in [-0.3, -0.25) is 4.68 Å². The van der Waals surface area contributed by atoms with Crippen molar-refractivity contribution in [2.45, 2.75) is 51.0 Å². The van der Waals surface area contributed by atoms with Crippen LogP contribution in [0.3, 0.4) is 0 Å². The Hall–Kier alpha value is -1.04. The zero-order valence-electron chi connectivity index (χ0n) is 9.50. The minimum absolute atomic E-state index is 0.0840. The summed E-state index contributed by atoms with van der Waals surface area (Å²) in [5.74, 6) is 0. The van der Waals surface area contributed by atoms with E-state index in [2.05, 4.69) is 10.4 Å². The molecule has 2 rings (SSSR count). The van der Waals surface area contributed by atoms with Gasteiger partial charge in [0.05, 0.1) is 6.20 Å². The van der Waals surface area contributed by atoms with E-state index in [1.807, 2.05) is 6.20 Å². The molecule has 0 spiro atoms. The molecule has 6 heteroatoms. The molecule has 0 radical (unpaired) electrons. The first-order valence-electron chi connectivity index (χ1n) is 5.84. The van der Waals surface area contributed by atoms with Gasteiger partial charge in [-0.1, -0.05) is 0 Å². The summed E-state index contributed by atoms with van der Waals surface area (Å²) in [4.78, 5) is 0. The Morgan fingerprint density at radius 1 is 1.41 bits per heavy atom. The van der Waals surface area contributed by atoms with E-state index in [0.717, 1.165) is 12.1 Å². The van der Waals surface area contributed by atoms with Crippen molar-refractivity contribution in [2.75, 3.05) is 0 Å². The van der Waals surface area contributed by atoms with Gasteiger partial charge in [-0.2, -0.15) is 18.3 Å². The quantitative estimate of drug-likeness (QED) is 0.837. The number of aromatic nitrogens is 2. The first-order chi connectivity index (χ1) is 8.03. The van der Waals surface area contributed by atoms with Crippen LogP contribution < -0.4 is 5.32 Å². The number of hydrogen-bond acceptors (Lipinski definition) is 2. The highest BCUT2D eigenvalue weighted by Crippen LogP contribution is 2.21. The zero-order chi connectivity index (χ0) is 12.3. The van der Waals surface area contributed by atoms with Gasteiger partial charge in [-0.05, 0) is 19.3 Å². The van der Waals surface area contributed by atoms with Crippen LogP contribution in [0.15, 0.2) is 12.4 Å². The highest BCUT2D eigenvalue weighted by Gasteiger charge is 2.26. The molecule has 1 heterocycles. The van der Waals surface area contributed by atoms with Crippen LogP contribution >= 0.6 is 0 Å². The molecule has 3 nitrogen and oxygen atoms in total. The topological polar surface area (TPSA) is 29.9 Å². The summed E-state index contributed by atoms with van der Waals surface area (Å²) in [5.41, 5.74) is 1.03. The number of rotatable bonds is 6. The minimum atomic E-state index is -4.07. The third-order valence-electron chi connectivity index (χ3n) is 2.71. The van der Waals surface area contributed by atoms with Gasteiger partial charge >= 0.3 is 6.18 Å². The van der Waals surface area contributed by atoms with E-state index in [-0.39, 0.29) is 6.42 Å². The van der Waals surface area contributed by atoms with Gasteiger partial charge in [0.25, 0.3) is 0 Å². The molecule has 0 saturated heterocycles. The molecule has 96 valence electrons. The van der Waals surface area contributed by atoms with Crippen LogP contribution in [-0.4, -0.2) is 22.0 Å². The molecule has 1 N–H and O–H groups in total. The fourth-order valence-corrected chi connectivity index (χ4v) is 1.61. The summed E-state index contributed by atoms with van der Waals surface area (Å²) >= 11 is 0. The molecule has 0 atom stereocenters. The summed E-state index contributed by atoms with van der Waals surface area (Å²) in [6.07, 6.45) is 1.24. The molecule has 0 amide bonds. The summed E-state index contributed by atoms with van der Waals surface area (Å²) in [6, 6.07) is 0.628. The average Bonchev–Trinajstić information content (AvgIpc) is 2.95. The Bertz CT molecular complexity index is 355. The fourth-order valence-electron chi connectivity index (χ4n) is 1.61. The maximum atomic E-state index is 11.9. The van der Waals surface area contributed by atoms with Crippen LogP contribution in [0.1, 0.15) is 31.2 Å². The lowest BCUT2D eigenvalue weighted by molar-refractivity contribution is -0.136. The lowest BCUT2D eigenvalue weighted by Gasteiger charge is -2.05. The normalized spacial score (nSPS) is 16.4. The van der Waals surface area contributed by atoms with Crippen LogP contribution in [0.25, 0.3) is 0 Å². The highest BCUT2D eigenvalue weighted by molar-refractivity contribution is 5.04. The van der Waals surface area contributed by atoms with E-state index >= 15 is 0 Å². The van der Waals surface area contributed by atoms with Crippen LogP contribution in [-0.2, 0) is 13.1 Å². The number of nitrogens with zero attached hydrogens (tertiary/aromatic N) is 2. The van der Waals surface area contributed by atoms with Crippen molar-refractivity contribution in [3.05, 3.63) is 18.0 Å². The second-order valence-electron chi connectivity index (χ2n) is 4.49. The van der Waals surface area contributed by atoms with Gasteiger partial charge in [0.15, 0.2) is 0 Å². The van der Waals surface area contributed by atoms with Crippen molar-refractivity contribution >= 4 is 0 Å². The van der Waals surface area contributed by atoms with Crippen molar-refractivity contribution in [1.82, 2.24) is 15.1 Å². The predicted octanol–water partition coefficient (Wildman–Crippen LogP) is 2.48. The summed E-state index contributed by atoms with van der Waals surface area (Å²) in [7, 11) is 0. The SMILES string of the molecule is FC(F)(F)CCCn1cc(CNC2CC2)cn1. The Labute approximate surface area is 98.0 Å². The van der Waals surface area contributed by atoms with E-state index in [1.54, 1.807) is 10.9 Å². The third-order valence-corrected chi connectivity index (χ3v) is 2.71. The van der Waals surface area contributed by atoms with Crippen molar-refractivity contribution in [3.63, 3.8) is 0 Å². The first-order valence-corrected chi connectivity index (χ1v) is 5.84. The maximum Gasteiger partial charge on any atom is 0.389 e. The van der Waals surface area contributed by atoms with E-state index < -0.39 is 12.6 Å². The largest absolute Gasteiger partial charge is 0.389 e. The summed E-state index contributed by atoms with van der Waals surface area (Å²) in [6.45, 7) is 1.08. The molecule has 0 aromatic carbocycles. The average molecular weight is 247 g/mol. The van der Waals surface area contributed by atoms with E-state index in [9.17, 15) is 13.2 Å². The molecule has 1 aromatic rings. The van der Waals surface area contributed by atoms with Crippen molar-refractivity contribution < 1.29 is 13.2 Å². The zero-order valence-corrected chi connectivity index (χ0v) is 9.50. The van der Waals surface area contributed by atoms with Crippen LogP contribution in [0.5, 0.6) is 0 Å². The second-order valence-corrected chi connectivity index (χ2v) is 4.49. The Morgan fingerprint density at radius 2 is 2.18 bits per heavy atom. The monoisotopic (exact) mass is 247 g/mol. The smallest absolute Gasteiger partial charge is 0.310 e. The molecule has 17 heavy (non-hydrogen) atoms. The molecule has 0 bridgehead atoms. The van der Waals surface area contributed by atoms with E-state index in [4.69, 9.17) is 0 Å². The fraction of sp³-hybridized carbons (Fsp3) is 0.727. The highest BCUT2D eigenvalue weighted by atomic mass is 19.4. The molecular formula is C11H16F3N3. The Kier molecular flexibility index (Phi) is 3.71. The Balaban J connectivity index is 1.69. The molecule has 1 fully saturated rings.